The smallest absolute Gasteiger partial charge is 0.339 e. The fourth-order valence-electron chi connectivity index (χ4n) is 4.20. The zero-order chi connectivity index (χ0) is 25.4. The number of rotatable bonds is 19. The van der Waals surface area contributed by atoms with Gasteiger partial charge in [0, 0.05) is 12.4 Å². The Morgan fingerprint density at radius 2 is 1.23 bits per heavy atom. The van der Waals surface area contributed by atoms with Gasteiger partial charge in [-0.2, -0.15) is 0 Å². The average Bonchev–Trinajstić information content (AvgIpc) is 3.35. The van der Waals surface area contributed by atoms with Crippen LogP contribution in [0.15, 0.2) is 47.6 Å². The van der Waals surface area contributed by atoms with E-state index < -0.39 is 16.0 Å². The minimum absolute atomic E-state index is 0.191. The van der Waals surface area contributed by atoms with Crippen LogP contribution in [-0.4, -0.2) is 25.0 Å². The summed E-state index contributed by atoms with van der Waals surface area (Å²) in [5.41, 5.74) is 1.24. The molecular weight excluding hydrogens is 458 g/mol. The molecule has 1 aromatic carbocycles. The Hall–Kier alpha value is -2.08. The fourth-order valence-corrected chi connectivity index (χ4v) is 5.40. The second kappa shape index (κ2) is 16.6. The van der Waals surface area contributed by atoms with E-state index in [0.29, 0.717) is 6.61 Å². The third kappa shape index (κ3) is 11.0. The van der Waals surface area contributed by atoms with Crippen LogP contribution in [0.25, 0.3) is 0 Å². The molecule has 0 aliphatic carbocycles. The molecule has 196 valence electrons. The number of esters is 1. The molecule has 0 amide bonds. The van der Waals surface area contributed by atoms with Gasteiger partial charge in [0.15, 0.2) is 0 Å². The second-order valence-electron chi connectivity index (χ2n) is 9.63. The van der Waals surface area contributed by atoms with Crippen molar-refractivity contribution in [2.75, 3.05) is 6.61 Å². The second-order valence-corrected chi connectivity index (χ2v) is 11.5. The molecule has 1 aromatic heterocycles. The van der Waals surface area contributed by atoms with Crippen molar-refractivity contribution in [2.24, 2.45) is 0 Å². The first-order valence-electron chi connectivity index (χ1n) is 13.6. The van der Waals surface area contributed by atoms with Gasteiger partial charge < -0.3 is 4.74 Å². The Bertz CT molecular complexity index is 947. The first-order valence-corrected chi connectivity index (χ1v) is 15.1. The summed E-state index contributed by atoms with van der Waals surface area (Å²) in [6, 6.07) is 8.13. The molecule has 0 bridgehead atoms. The number of carbonyl (C=O) groups excluding carboxylic acids is 1. The van der Waals surface area contributed by atoms with Gasteiger partial charge in [-0.1, -0.05) is 115 Å². The van der Waals surface area contributed by atoms with Gasteiger partial charge in [-0.3, -0.25) is 0 Å². The summed E-state index contributed by atoms with van der Waals surface area (Å²) >= 11 is 0. The number of aromatic nitrogens is 1. The van der Waals surface area contributed by atoms with Gasteiger partial charge in [0.05, 0.1) is 17.1 Å². The number of benzene rings is 1. The largest absolute Gasteiger partial charge is 0.462 e. The Labute approximate surface area is 213 Å². The number of hydrogen-bond donors (Lipinski definition) is 0. The molecule has 0 N–H and O–H groups in total. The summed E-state index contributed by atoms with van der Waals surface area (Å²) in [5, 5.41) is 0. The number of hydrogen-bond acceptors (Lipinski definition) is 4. The summed E-state index contributed by atoms with van der Waals surface area (Å²) in [6.45, 7) is 4.53. The number of unbranched alkanes of at least 4 members (excludes halogenated alkanes) is 14. The van der Waals surface area contributed by atoms with Gasteiger partial charge in [-0.25, -0.2) is 17.2 Å². The van der Waals surface area contributed by atoms with Gasteiger partial charge in [-0.15, -0.1) is 0 Å². The predicted molar refractivity (Wildman–Crippen MR) is 143 cm³/mol. The highest BCUT2D eigenvalue weighted by Crippen LogP contribution is 2.17. The molecule has 35 heavy (non-hydrogen) atoms. The lowest BCUT2D eigenvalue weighted by atomic mass is 10.0. The summed E-state index contributed by atoms with van der Waals surface area (Å²) in [6.07, 6.45) is 22.1. The van der Waals surface area contributed by atoms with Crippen molar-refractivity contribution in [1.29, 1.82) is 0 Å². The van der Waals surface area contributed by atoms with Gasteiger partial charge in [0.25, 0.3) is 10.0 Å². The molecule has 2 rings (SSSR count). The summed E-state index contributed by atoms with van der Waals surface area (Å²) in [4.78, 5) is 12.5. The molecule has 0 atom stereocenters. The third-order valence-corrected chi connectivity index (χ3v) is 8.13. The van der Waals surface area contributed by atoms with E-state index in [2.05, 4.69) is 6.92 Å². The summed E-state index contributed by atoms with van der Waals surface area (Å²) < 4.78 is 31.8. The Kier molecular flexibility index (Phi) is 13.8. The molecule has 0 saturated heterocycles. The normalized spacial score (nSPS) is 11.6. The Morgan fingerprint density at radius 3 is 1.74 bits per heavy atom. The maximum atomic E-state index is 12.7. The minimum atomic E-state index is -3.71. The Balaban J connectivity index is 1.51. The molecule has 1 heterocycles. The van der Waals surface area contributed by atoms with Gasteiger partial charge in [-0.05, 0) is 31.5 Å². The van der Waals surface area contributed by atoms with Crippen LogP contribution in [0.3, 0.4) is 0 Å². The highest BCUT2D eigenvalue weighted by Gasteiger charge is 2.18. The SMILES string of the molecule is CCCCCCCCCCCCCCCCCOC(=O)c1ccn(S(=O)(=O)c2ccc(C)cc2)c1. The highest BCUT2D eigenvalue weighted by atomic mass is 32.2. The van der Waals surface area contributed by atoms with Crippen molar-refractivity contribution in [2.45, 2.75) is 115 Å². The molecule has 6 heteroatoms. The van der Waals surface area contributed by atoms with Crippen LogP contribution >= 0.6 is 0 Å². The van der Waals surface area contributed by atoms with Crippen molar-refractivity contribution in [1.82, 2.24) is 3.97 Å². The fraction of sp³-hybridized carbons (Fsp3) is 0.621. The van der Waals surface area contributed by atoms with E-state index in [0.717, 1.165) is 22.4 Å². The monoisotopic (exact) mass is 503 g/mol. The number of aryl methyl sites for hydroxylation is 1. The minimum Gasteiger partial charge on any atom is -0.462 e. The van der Waals surface area contributed by atoms with E-state index in [1.165, 1.54) is 102 Å². The van der Waals surface area contributed by atoms with Crippen LogP contribution in [0, 0.1) is 6.92 Å². The topological polar surface area (TPSA) is 65.4 Å². The molecule has 0 aliphatic rings. The number of ether oxygens (including phenoxy) is 1. The van der Waals surface area contributed by atoms with Crippen LogP contribution in [0.2, 0.25) is 0 Å². The zero-order valence-electron chi connectivity index (χ0n) is 21.8. The number of carbonyl (C=O) groups is 1. The molecule has 2 aromatic rings. The molecule has 0 spiro atoms. The predicted octanol–water partition coefficient (Wildman–Crippen LogP) is 8.06. The third-order valence-electron chi connectivity index (χ3n) is 6.48. The van der Waals surface area contributed by atoms with E-state index in [4.69, 9.17) is 4.74 Å². The average molecular weight is 504 g/mol. The van der Waals surface area contributed by atoms with E-state index in [1.807, 2.05) is 6.92 Å². The maximum absolute atomic E-state index is 12.7. The van der Waals surface area contributed by atoms with Crippen LogP contribution in [-0.2, 0) is 14.8 Å². The molecule has 0 saturated carbocycles. The molecule has 0 unspecified atom stereocenters. The Morgan fingerprint density at radius 1 is 0.743 bits per heavy atom. The zero-order valence-corrected chi connectivity index (χ0v) is 22.7. The molecule has 0 fully saturated rings. The van der Waals surface area contributed by atoms with Gasteiger partial charge in [0.2, 0.25) is 0 Å². The van der Waals surface area contributed by atoms with Gasteiger partial charge in [0.1, 0.15) is 0 Å². The first kappa shape index (κ1) is 29.2. The molecule has 0 aliphatic heterocycles. The van der Waals surface area contributed by atoms with E-state index in [9.17, 15) is 13.2 Å². The summed E-state index contributed by atoms with van der Waals surface area (Å²) in [5.74, 6) is -0.479. The van der Waals surface area contributed by atoms with Crippen LogP contribution in [0.4, 0.5) is 0 Å². The van der Waals surface area contributed by atoms with Crippen molar-refractivity contribution in [3.05, 3.63) is 53.9 Å². The lowest BCUT2D eigenvalue weighted by Gasteiger charge is -2.06. The van der Waals surface area contributed by atoms with Gasteiger partial charge >= 0.3 is 5.97 Å². The molecular formula is C29H45NO4S. The van der Waals surface area contributed by atoms with Crippen molar-refractivity contribution in [3.63, 3.8) is 0 Å². The molecule has 0 radical (unpaired) electrons. The van der Waals surface area contributed by atoms with Crippen LogP contribution in [0.1, 0.15) is 119 Å². The van der Waals surface area contributed by atoms with E-state index >= 15 is 0 Å². The molecule has 5 nitrogen and oxygen atoms in total. The standard InChI is InChI=1S/C29H45NO4S/c1-3-4-5-6-7-8-9-10-11-12-13-14-15-16-17-24-34-29(31)27-22-23-30(25-27)35(32,33)28-20-18-26(2)19-21-28/h18-23,25H,3-17,24H2,1-2H3. The highest BCUT2D eigenvalue weighted by molar-refractivity contribution is 7.90. The first-order chi connectivity index (χ1) is 16.9. The van der Waals surface area contributed by atoms with Crippen LogP contribution in [0.5, 0.6) is 0 Å². The van der Waals surface area contributed by atoms with E-state index in [1.54, 1.807) is 24.3 Å². The number of nitrogens with zero attached hydrogens (tertiary/aromatic N) is 1. The van der Waals surface area contributed by atoms with Crippen molar-refractivity contribution in [3.8, 4) is 0 Å². The maximum Gasteiger partial charge on any atom is 0.339 e. The van der Waals surface area contributed by atoms with Crippen molar-refractivity contribution < 1.29 is 17.9 Å². The lowest BCUT2D eigenvalue weighted by Crippen LogP contribution is -2.11. The van der Waals surface area contributed by atoms with Crippen LogP contribution < -0.4 is 0 Å². The summed E-state index contributed by atoms with van der Waals surface area (Å²) in [7, 11) is -3.71. The van der Waals surface area contributed by atoms with Crippen molar-refractivity contribution >= 4 is 16.0 Å². The van der Waals surface area contributed by atoms with E-state index in [-0.39, 0.29) is 10.5 Å². The quantitative estimate of drug-likeness (QED) is 0.144. The lowest BCUT2D eigenvalue weighted by molar-refractivity contribution is 0.0498.